The Morgan fingerprint density at radius 3 is 0.886 bits per heavy atom. The zero-order valence-electron chi connectivity index (χ0n) is 24.2. The number of aliphatic hydroxyl groups excluding tert-OH is 1. The van der Waals surface area contributed by atoms with Gasteiger partial charge in [-0.05, 0) is 24.4 Å². The Balaban J connectivity index is 0. The molecule has 0 rings (SSSR count). The van der Waals surface area contributed by atoms with E-state index in [1.54, 1.807) is 0 Å². The van der Waals surface area contributed by atoms with Crippen molar-refractivity contribution < 1.29 is 9.90 Å². The van der Waals surface area contributed by atoms with Crippen LogP contribution >= 0.6 is 11.6 Å². The Bertz CT molecular complexity index is 359. The number of hydrogen-bond acceptors (Lipinski definition) is 2. The highest BCUT2D eigenvalue weighted by Crippen LogP contribution is 2.14. The van der Waals surface area contributed by atoms with Gasteiger partial charge in [0.1, 0.15) is 0 Å². The Kier molecular flexibility index (Phi) is 38.2. The summed E-state index contributed by atoms with van der Waals surface area (Å²) >= 11 is 5.28. The SMILES string of the molecule is CCCCCCCCCCCCCCCC(=O)Cl.CCCCCCCCCCCCCCCCO. The summed E-state index contributed by atoms with van der Waals surface area (Å²) in [7, 11) is 0. The van der Waals surface area contributed by atoms with Gasteiger partial charge < -0.3 is 5.11 Å². The lowest BCUT2D eigenvalue weighted by atomic mass is 10.0. The van der Waals surface area contributed by atoms with Gasteiger partial charge in [0.15, 0.2) is 0 Å². The topological polar surface area (TPSA) is 37.3 Å². The first kappa shape index (κ1) is 37.1. The zero-order chi connectivity index (χ0) is 26.1. The first-order valence-corrected chi connectivity index (χ1v) is 16.4. The largest absolute Gasteiger partial charge is 0.396 e. The van der Waals surface area contributed by atoms with Crippen LogP contribution in [-0.4, -0.2) is 17.0 Å². The molecule has 0 aliphatic heterocycles. The average Bonchev–Trinajstić information content (AvgIpc) is 2.85. The fourth-order valence-electron chi connectivity index (χ4n) is 4.59. The van der Waals surface area contributed by atoms with Crippen LogP contribution in [0.1, 0.15) is 194 Å². The van der Waals surface area contributed by atoms with Crippen molar-refractivity contribution in [2.24, 2.45) is 0 Å². The molecular formula is C32H65ClO2. The van der Waals surface area contributed by atoms with E-state index in [0.717, 1.165) is 19.3 Å². The van der Waals surface area contributed by atoms with Crippen LogP contribution in [0.3, 0.4) is 0 Å². The van der Waals surface area contributed by atoms with Gasteiger partial charge in [-0.3, -0.25) is 4.79 Å². The number of carbonyl (C=O) groups excluding carboxylic acids is 1. The second-order valence-corrected chi connectivity index (χ2v) is 11.1. The maximum absolute atomic E-state index is 10.5. The number of rotatable bonds is 28. The number of aliphatic hydroxyl groups is 1. The third-order valence-corrected chi connectivity index (χ3v) is 7.18. The third-order valence-electron chi connectivity index (χ3n) is 6.99. The van der Waals surface area contributed by atoms with Gasteiger partial charge in [0.25, 0.3) is 0 Å². The molecule has 0 aliphatic rings. The minimum Gasteiger partial charge on any atom is -0.396 e. The lowest BCUT2D eigenvalue weighted by Crippen LogP contribution is -1.86. The van der Waals surface area contributed by atoms with Gasteiger partial charge in [-0.25, -0.2) is 0 Å². The van der Waals surface area contributed by atoms with Crippen molar-refractivity contribution in [3.05, 3.63) is 0 Å². The van der Waals surface area contributed by atoms with Crippen molar-refractivity contribution >= 4 is 16.8 Å². The summed E-state index contributed by atoms with van der Waals surface area (Å²) in [6.07, 6.45) is 37.1. The Morgan fingerprint density at radius 1 is 0.429 bits per heavy atom. The van der Waals surface area contributed by atoms with Crippen molar-refractivity contribution in [2.75, 3.05) is 6.61 Å². The quantitative estimate of drug-likeness (QED) is 0.0828. The van der Waals surface area contributed by atoms with Crippen LogP contribution < -0.4 is 0 Å². The summed E-state index contributed by atoms with van der Waals surface area (Å²) < 4.78 is 0. The molecule has 0 unspecified atom stereocenters. The van der Waals surface area contributed by atoms with Gasteiger partial charge in [-0.1, -0.05) is 174 Å². The van der Waals surface area contributed by atoms with E-state index < -0.39 is 0 Å². The zero-order valence-corrected chi connectivity index (χ0v) is 25.0. The number of halogens is 1. The average molecular weight is 517 g/mol. The first-order valence-electron chi connectivity index (χ1n) is 16.0. The molecule has 0 spiro atoms. The molecule has 0 radical (unpaired) electrons. The van der Waals surface area contributed by atoms with Gasteiger partial charge in [0, 0.05) is 13.0 Å². The molecule has 0 heterocycles. The Labute approximate surface area is 226 Å². The second kappa shape index (κ2) is 36.1. The lowest BCUT2D eigenvalue weighted by Gasteiger charge is -2.02. The van der Waals surface area contributed by atoms with E-state index in [4.69, 9.17) is 16.7 Å². The van der Waals surface area contributed by atoms with Crippen LogP contribution in [0.5, 0.6) is 0 Å². The Morgan fingerprint density at radius 2 is 0.657 bits per heavy atom. The summed E-state index contributed by atoms with van der Waals surface area (Å²) in [4.78, 5) is 10.5. The van der Waals surface area contributed by atoms with Crippen LogP contribution in [-0.2, 0) is 4.79 Å². The van der Waals surface area contributed by atoms with Crippen molar-refractivity contribution in [3.63, 3.8) is 0 Å². The molecule has 2 nitrogen and oxygen atoms in total. The molecular weight excluding hydrogens is 452 g/mol. The molecule has 0 atom stereocenters. The van der Waals surface area contributed by atoms with E-state index in [1.807, 2.05) is 0 Å². The highest BCUT2D eigenvalue weighted by atomic mass is 35.5. The van der Waals surface area contributed by atoms with E-state index in [2.05, 4.69) is 13.8 Å². The van der Waals surface area contributed by atoms with Crippen LogP contribution in [0.25, 0.3) is 0 Å². The van der Waals surface area contributed by atoms with Crippen LogP contribution in [0.15, 0.2) is 0 Å². The number of hydrogen-bond donors (Lipinski definition) is 1. The minimum absolute atomic E-state index is 0.182. The number of unbranched alkanes of at least 4 members (excludes halogenated alkanes) is 25. The highest BCUT2D eigenvalue weighted by molar-refractivity contribution is 6.63. The molecule has 0 saturated heterocycles. The molecule has 1 N–H and O–H groups in total. The molecule has 0 aromatic carbocycles. The summed E-state index contributed by atoms with van der Waals surface area (Å²) in [5, 5.41) is 8.46. The van der Waals surface area contributed by atoms with Gasteiger partial charge >= 0.3 is 0 Å². The fraction of sp³-hybridized carbons (Fsp3) is 0.969. The third kappa shape index (κ3) is 41.3. The van der Waals surface area contributed by atoms with Crippen molar-refractivity contribution in [2.45, 2.75) is 194 Å². The van der Waals surface area contributed by atoms with Crippen LogP contribution in [0, 0.1) is 0 Å². The molecule has 35 heavy (non-hydrogen) atoms. The molecule has 0 fully saturated rings. The molecule has 0 bridgehead atoms. The van der Waals surface area contributed by atoms with Crippen molar-refractivity contribution in [1.82, 2.24) is 0 Å². The minimum atomic E-state index is -0.182. The molecule has 0 aromatic rings. The summed E-state index contributed by atoms with van der Waals surface area (Å²) in [6, 6.07) is 0. The summed E-state index contributed by atoms with van der Waals surface area (Å²) in [5.74, 6) is 0. The normalized spacial score (nSPS) is 10.9. The second-order valence-electron chi connectivity index (χ2n) is 10.7. The maximum atomic E-state index is 10.5. The summed E-state index contributed by atoms with van der Waals surface area (Å²) in [5.41, 5.74) is 0. The van der Waals surface area contributed by atoms with Crippen molar-refractivity contribution in [1.29, 1.82) is 0 Å². The maximum Gasteiger partial charge on any atom is 0.221 e. The predicted molar refractivity (Wildman–Crippen MR) is 159 cm³/mol. The van der Waals surface area contributed by atoms with Gasteiger partial charge in [-0.2, -0.15) is 0 Å². The standard InChI is InChI=1S/C16H31ClO.C16H34O/c1-2-3-4-5-6-7-8-9-10-11-12-13-14-15-16(17)18;1-2-3-4-5-6-7-8-9-10-11-12-13-14-15-16-17/h2-15H2,1H3;17H,2-16H2,1H3. The van der Waals surface area contributed by atoms with Crippen LogP contribution in [0.2, 0.25) is 0 Å². The molecule has 0 aliphatic carbocycles. The molecule has 212 valence electrons. The monoisotopic (exact) mass is 516 g/mol. The molecule has 3 heteroatoms. The van der Waals surface area contributed by atoms with E-state index in [0.29, 0.717) is 13.0 Å². The molecule has 0 amide bonds. The lowest BCUT2D eigenvalue weighted by molar-refractivity contribution is -0.111. The summed E-state index contributed by atoms with van der Waals surface area (Å²) in [6.45, 7) is 4.92. The van der Waals surface area contributed by atoms with Gasteiger partial charge in [-0.15, -0.1) is 0 Å². The van der Waals surface area contributed by atoms with E-state index in [-0.39, 0.29) is 5.24 Å². The van der Waals surface area contributed by atoms with E-state index in [9.17, 15) is 4.79 Å². The molecule has 0 saturated carbocycles. The van der Waals surface area contributed by atoms with Crippen LogP contribution in [0.4, 0.5) is 0 Å². The van der Waals surface area contributed by atoms with E-state index >= 15 is 0 Å². The fourth-order valence-corrected chi connectivity index (χ4v) is 4.72. The van der Waals surface area contributed by atoms with E-state index in [1.165, 1.54) is 154 Å². The Hall–Kier alpha value is -0.0800. The highest BCUT2D eigenvalue weighted by Gasteiger charge is 1.97. The smallest absolute Gasteiger partial charge is 0.221 e. The van der Waals surface area contributed by atoms with Gasteiger partial charge in [0.05, 0.1) is 0 Å². The predicted octanol–water partition coefficient (Wildman–Crippen LogP) is 11.7. The molecule has 0 aromatic heterocycles. The number of carbonyl (C=O) groups is 1. The van der Waals surface area contributed by atoms with Crippen molar-refractivity contribution in [3.8, 4) is 0 Å². The first-order chi connectivity index (χ1) is 17.2. The van der Waals surface area contributed by atoms with Gasteiger partial charge in [0.2, 0.25) is 5.24 Å².